The number of nitrogens with two attached hydrogens (primary N) is 1. The summed E-state index contributed by atoms with van der Waals surface area (Å²) in [4.78, 5) is 7.56. The van der Waals surface area contributed by atoms with Crippen molar-refractivity contribution in [3.63, 3.8) is 0 Å². The molecule has 0 saturated carbocycles. The van der Waals surface area contributed by atoms with E-state index in [9.17, 15) is 4.39 Å². The monoisotopic (exact) mass is 255 g/mol. The van der Waals surface area contributed by atoms with Crippen molar-refractivity contribution < 1.29 is 4.39 Å². The van der Waals surface area contributed by atoms with Crippen LogP contribution >= 0.6 is 0 Å². The molecule has 1 heterocycles. The second-order valence-corrected chi connectivity index (χ2v) is 4.53. The van der Waals surface area contributed by atoms with Crippen molar-refractivity contribution in [1.82, 2.24) is 9.97 Å². The predicted molar refractivity (Wildman–Crippen MR) is 75.3 cm³/mol. The van der Waals surface area contributed by atoms with Crippen molar-refractivity contribution in [2.24, 2.45) is 0 Å². The van der Waals surface area contributed by atoms with Gasteiger partial charge in [0.15, 0.2) is 0 Å². The third-order valence-corrected chi connectivity index (χ3v) is 3.20. The molecule has 3 aromatic rings. The number of nitrogens with zero attached hydrogens (tertiary/aromatic N) is 1. The second-order valence-electron chi connectivity index (χ2n) is 4.53. The Bertz CT molecular complexity index is 746. The van der Waals surface area contributed by atoms with Gasteiger partial charge < -0.3 is 10.7 Å². The Morgan fingerprint density at radius 2 is 2.05 bits per heavy atom. The van der Waals surface area contributed by atoms with Crippen LogP contribution in [0.5, 0.6) is 0 Å². The molecule has 0 saturated heterocycles. The molecule has 0 aliphatic heterocycles. The van der Waals surface area contributed by atoms with Crippen LogP contribution in [0.1, 0.15) is 12.5 Å². The zero-order valence-corrected chi connectivity index (χ0v) is 10.6. The Morgan fingerprint density at radius 3 is 2.84 bits per heavy atom. The van der Waals surface area contributed by atoms with E-state index in [4.69, 9.17) is 5.73 Å². The van der Waals surface area contributed by atoms with Crippen molar-refractivity contribution in [2.45, 2.75) is 13.3 Å². The van der Waals surface area contributed by atoms with Gasteiger partial charge in [-0.1, -0.05) is 13.0 Å². The van der Waals surface area contributed by atoms with Gasteiger partial charge in [0, 0.05) is 5.69 Å². The lowest BCUT2D eigenvalue weighted by Crippen LogP contribution is -1.90. The van der Waals surface area contributed by atoms with Crippen LogP contribution in [0, 0.1) is 5.82 Å². The molecular weight excluding hydrogens is 241 g/mol. The van der Waals surface area contributed by atoms with E-state index in [1.54, 1.807) is 6.07 Å². The number of benzene rings is 2. The molecule has 19 heavy (non-hydrogen) atoms. The topological polar surface area (TPSA) is 54.7 Å². The molecule has 0 aliphatic rings. The molecule has 0 amide bonds. The Labute approximate surface area is 110 Å². The van der Waals surface area contributed by atoms with Crippen LogP contribution in [0.2, 0.25) is 0 Å². The van der Waals surface area contributed by atoms with Crippen LogP contribution in [0.15, 0.2) is 36.4 Å². The van der Waals surface area contributed by atoms with Gasteiger partial charge in [0.25, 0.3) is 0 Å². The third kappa shape index (κ3) is 2.05. The van der Waals surface area contributed by atoms with Gasteiger partial charge in [-0.25, -0.2) is 9.37 Å². The number of aromatic amines is 1. The zero-order chi connectivity index (χ0) is 13.4. The Hall–Kier alpha value is -2.36. The largest absolute Gasteiger partial charge is 0.399 e. The smallest absolute Gasteiger partial charge is 0.141 e. The average molecular weight is 255 g/mol. The van der Waals surface area contributed by atoms with Crippen LogP contribution in [0.25, 0.3) is 22.4 Å². The first kappa shape index (κ1) is 11.7. The summed E-state index contributed by atoms with van der Waals surface area (Å²) in [7, 11) is 0. The third-order valence-electron chi connectivity index (χ3n) is 3.20. The highest BCUT2D eigenvalue weighted by Crippen LogP contribution is 2.25. The fraction of sp³-hybridized carbons (Fsp3) is 0.133. The van der Waals surface area contributed by atoms with Crippen LogP contribution in [-0.4, -0.2) is 9.97 Å². The minimum absolute atomic E-state index is 0.330. The first-order chi connectivity index (χ1) is 9.17. The molecular formula is C15H14FN3. The van der Waals surface area contributed by atoms with Gasteiger partial charge in [-0.3, -0.25) is 0 Å². The number of hydrogen-bond donors (Lipinski definition) is 2. The number of halogens is 1. The molecule has 4 heteroatoms. The van der Waals surface area contributed by atoms with Crippen LogP contribution in [0.3, 0.4) is 0 Å². The van der Waals surface area contributed by atoms with E-state index >= 15 is 0 Å². The Kier molecular flexibility index (Phi) is 2.71. The van der Waals surface area contributed by atoms with E-state index in [1.807, 2.05) is 18.2 Å². The fourth-order valence-corrected chi connectivity index (χ4v) is 2.13. The summed E-state index contributed by atoms with van der Waals surface area (Å²) in [5, 5.41) is 0. The number of aryl methyl sites for hydroxylation is 1. The number of H-pyrrole nitrogens is 1. The number of anilines is 1. The van der Waals surface area contributed by atoms with E-state index in [-0.39, 0.29) is 5.82 Å². The lowest BCUT2D eigenvalue weighted by Gasteiger charge is -2.00. The molecule has 3 nitrogen and oxygen atoms in total. The van der Waals surface area contributed by atoms with Gasteiger partial charge in [-0.2, -0.15) is 0 Å². The fourth-order valence-electron chi connectivity index (χ4n) is 2.13. The number of fused-ring (bicyclic) bond motifs is 1. The van der Waals surface area contributed by atoms with E-state index in [1.165, 1.54) is 17.7 Å². The quantitative estimate of drug-likeness (QED) is 0.688. The number of imidazole rings is 1. The highest BCUT2D eigenvalue weighted by Gasteiger charge is 2.10. The summed E-state index contributed by atoms with van der Waals surface area (Å²) in [5.74, 6) is 0.178. The van der Waals surface area contributed by atoms with Crippen molar-refractivity contribution in [3.8, 4) is 11.4 Å². The summed E-state index contributed by atoms with van der Waals surface area (Å²) in [5.41, 5.74) is 9.57. The van der Waals surface area contributed by atoms with Gasteiger partial charge in [0.1, 0.15) is 11.6 Å². The maximum atomic E-state index is 13.8. The molecule has 1 aromatic heterocycles. The van der Waals surface area contributed by atoms with Crippen molar-refractivity contribution in [3.05, 3.63) is 47.8 Å². The van der Waals surface area contributed by atoms with Gasteiger partial charge in [0.2, 0.25) is 0 Å². The molecule has 0 spiro atoms. The van der Waals surface area contributed by atoms with Gasteiger partial charge in [-0.05, 0) is 42.3 Å². The van der Waals surface area contributed by atoms with Crippen LogP contribution < -0.4 is 5.73 Å². The van der Waals surface area contributed by atoms with Gasteiger partial charge >= 0.3 is 0 Å². The van der Waals surface area contributed by atoms with Crippen molar-refractivity contribution in [2.75, 3.05) is 5.73 Å². The number of rotatable bonds is 2. The predicted octanol–water partition coefficient (Wildman–Crippen LogP) is 3.51. The van der Waals surface area contributed by atoms with Crippen molar-refractivity contribution >= 4 is 16.7 Å². The first-order valence-corrected chi connectivity index (χ1v) is 6.21. The Morgan fingerprint density at radius 1 is 1.21 bits per heavy atom. The van der Waals surface area contributed by atoms with Crippen molar-refractivity contribution in [1.29, 1.82) is 0 Å². The number of nitrogens with one attached hydrogen (secondary N) is 1. The van der Waals surface area contributed by atoms with Gasteiger partial charge in [-0.15, -0.1) is 0 Å². The number of hydrogen-bond acceptors (Lipinski definition) is 2. The zero-order valence-electron chi connectivity index (χ0n) is 10.6. The highest BCUT2D eigenvalue weighted by molar-refractivity contribution is 5.80. The average Bonchev–Trinajstić information content (AvgIpc) is 2.83. The normalized spacial score (nSPS) is 11.1. The molecule has 0 unspecified atom stereocenters. The lowest BCUT2D eigenvalue weighted by molar-refractivity contribution is 0.630. The maximum Gasteiger partial charge on any atom is 0.141 e. The molecule has 0 bridgehead atoms. The molecule has 0 radical (unpaired) electrons. The summed E-state index contributed by atoms with van der Waals surface area (Å²) in [6.07, 6.45) is 0.955. The molecule has 0 aliphatic carbocycles. The summed E-state index contributed by atoms with van der Waals surface area (Å²) >= 11 is 0. The highest BCUT2D eigenvalue weighted by atomic mass is 19.1. The van der Waals surface area contributed by atoms with E-state index < -0.39 is 0 Å². The SMILES string of the molecule is CCc1ccc2nc(-c3cc(N)ccc3F)[nH]c2c1. The summed E-state index contributed by atoms with van der Waals surface area (Å²) < 4.78 is 13.8. The lowest BCUT2D eigenvalue weighted by atomic mass is 10.1. The standard InChI is InChI=1S/C15H14FN3/c1-2-9-3-6-13-14(7-9)19-15(18-13)11-8-10(17)4-5-12(11)16/h3-8H,2,17H2,1H3,(H,18,19). The molecule has 96 valence electrons. The van der Waals surface area contributed by atoms with Crippen LogP contribution in [-0.2, 0) is 6.42 Å². The van der Waals surface area contributed by atoms with E-state index in [0.717, 1.165) is 17.5 Å². The molecule has 2 aromatic carbocycles. The van der Waals surface area contributed by atoms with Gasteiger partial charge in [0.05, 0.1) is 16.6 Å². The Balaban J connectivity index is 2.17. The molecule has 3 rings (SSSR count). The number of aromatic nitrogens is 2. The van der Waals surface area contributed by atoms with E-state index in [0.29, 0.717) is 17.1 Å². The molecule has 0 fully saturated rings. The number of nitrogen functional groups attached to an aromatic ring is 1. The second kappa shape index (κ2) is 4.39. The minimum Gasteiger partial charge on any atom is -0.399 e. The summed E-state index contributed by atoms with van der Waals surface area (Å²) in [6, 6.07) is 10.5. The van der Waals surface area contributed by atoms with E-state index in [2.05, 4.69) is 16.9 Å². The first-order valence-electron chi connectivity index (χ1n) is 6.21. The maximum absolute atomic E-state index is 13.8. The molecule has 3 N–H and O–H groups in total. The minimum atomic E-state index is -0.330. The summed E-state index contributed by atoms with van der Waals surface area (Å²) in [6.45, 7) is 2.09. The molecule has 0 atom stereocenters. The van der Waals surface area contributed by atoms with Crippen LogP contribution in [0.4, 0.5) is 10.1 Å².